The zero-order valence-corrected chi connectivity index (χ0v) is 16.3. The van der Waals surface area contributed by atoms with Gasteiger partial charge in [0.15, 0.2) is 10.9 Å². The van der Waals surface area contributed by atoms with E-state index in [4.69, 9.17) is 0 Å². The molecule has 3 aromatic heterocycles. The number of rotatable bonds is 5. The molecular weight excluding hydrogens is 391 g/mol. The van der Waals surface area contributed by atoms with Crippen LogP contribution in [0.25, 0.3) is 21.6 Å². The van der Waals surface area contributed by atoms with Crippen molar-refractivity contribution >= 4 is 32.6 Å². The second-order valence-corrected chi connectivity index (χ2v) is 7.43. The predicted molar refractivity (Wildman–Crippen MR) is 110 cm³/mol. The van der Waals surface area contributed by atoms with Crippen molar-refractivity contribution in [3.05, 3.63) is 71.8 Å². The molecule has 4 rings (SSSR count). The Hall–Kier alpha value is -3.23. The summed E-state index contributed by atoms with van der Waals surface area (Å²) in [6.45, 7) is 1.80. The van der Waals surface area contributed by atoms with Crippen molar-refractivity contribution in [3.8, 4) is 11.4 Å². The highest BCUT2D eigenvalue weighted by molar-refractivity contribution is 7.22. The molecule has 0 saturated heterocycles. The molecule has 8 heteroatoms. The number of aliphatic hydroxyl groups is 1. The number of thiazole rings is 1. The molecule has 0 unspecified atom stereocenters. The van der Waals surface area contributed by atoms with E-state index in [0.717, 1.165) is 10.2 Å². The summed E-state index contributed by atoms with van der Waals surface area (Å²) in [4.78, 5) is 25.1. The average molecular weight is 408 g/mol. The van der Waals surface area contributed by atoms with E-state index in [1.807, 2.05) is 24.3 Å². The number of hydrogen-bond donors (Lipinski definition) is 2. The van der Waals surface area contributed by atoms with Crippen LogP contribution in [0.2, 0.25) is 0 Å². The maximum atomic E-state index is 14.4. The third-order valence-electron chi connectivity index (χ3n) is 4.42. The van der Waals surface area contributed by atoms with E-state index in [9.17, 15) is 14.3 Å². The van der Waals surface area contributed by atoms with Crippen molar-refractivity contribution < 1.29 is 14.3 Å². The zero-order chi connectivity index (χ0) is 20.4. The van der Waals surface area contributed by atoms with Crippen molar-refractivity contribution in [2.24, 2.45) is 0 Å². The van der Waals surface area contributed by atoms with Crippen LogP contribution in [0.1, 0.15) is 35.4 Å². The van der Waals surface area contributed by atoms with Crippen molar-refractivity contribution in [1.29, 1.82) is 0 Å². The smallest absolute Gasteiger partial charge is 0.259 e. The van der Waals surface area contributed by atoms with Crippen LogP contribution in [0, 0.1) is 5.82 Å². The summed E-state index contributed by atoms with van der Waals surface area (Å²) < 4.78 is 15.4. The van der Waals surface area contributed by atoms with Crippen LogP contribution in [0.4, 0.5) is 9.52 Å². The van der Waals surface area contributed by atoms with Gasteiger partial charge in [-0.15, -0.1) is 0 Å². The first kappa shape index (κ1) is 19.1. The summed E-state index contributed by atoms with van der Waals surface area (Å²) in [7, 11) is 0. The maximum absolute atomic E-state index is 14.4. The van der Waals surface area contributed by atoms with Crippen LogP contribution in [0.5, 0.6) is 0 Å². The summed E-state index contributed by atoms with van der Waals surface area (Å²) in [5.41, 5.74) is 1.93. The number of pyridine rings is 2. The molecule has 0 radical (unpaired) electrons. The number of fused-ring (bicyclic) bond motifs is 1. The van der Waals surface area contributed by atoms with Gasteiger partial charge >= 0.3 is 0 Å². The summed E-state index contributed by atoms with van der Waals surface area (Å²) in [5.74, 6) is -0.924. The second kappa shape index (κ2) is 8.02. The molecule has 0 aliphatic heterocycles. The monoisotopic (exact) mass is 408 g/mol. The van der Waals surface area contributed by atoms with E-state index in [1.165, 1.54) is 35.9 Å². The number of carbonyl (C=O) groups is 1. The molecule has 1 amide bonds. The number of aliphatic hydroxyl groups excluding tert-OH is 1. The lowest BCUT2D eigenvalue weighted by atomic mass is 10.1. The highest BCUT2D eigenvalue weighted by atomic mass is 32.1. The van der Waals surface area contributed by atoms with Gasteiger partial charge in [0.25, 0.3) is 5.91 Å². The molecule has 3 heterocycles. The van der Waals surface area contributed by atoms with Gasteiger partial charge < -0.3 is 5.11 Å². The topological polar surface area (TPSA) is 88.0 Å². The quantitative estimate of drug-likeness (QED) is 0.504. The number of nitrogens with one attached hydrogen (secondary N) is 1. The normalized spacial score (nSPS) is 12.1. The van der Waals surface area contributed by atoms with Gasteiger partial charge in [-0.1, -0.05) is 30.4 Å². The minimum absolute atomic E-state index is 0.0650. The largest absolute Gasteiger partial charge is 0.388 e. The second-order valence-electron chi connectivity index (χ2n) is 6.40. The number of nitrogens with zero attached hydrogens (tertiary/aromatic N) is 3. The molecule has 0 aliphatic rings. The molecule has 0 bridgehead atoms. The fourth-order valence-corrected chi connectivity index (χ4v) is 3.68. The number of anilines is 1. The van der Waals surface area contributed by atoms with Crippen LogP contribution in [0.15, 0.2) is 54.9 Å². The number of carbonyl (C=O) groups excluding carboxylic acids is 1. The lowest BCUT2D eigenvalue weighted by Gasteiger charge is -2.09. The first-order chi connectivity index (χ1) is 14.0. The van der Waals surface area contributed by atoms with Gasteiger partial charge in [-0.25, -0.2) is 9.37 Å². The van der Waals surface area contributed by atoms with Crippen LogP contribution in [-0.4, -0.2) is 26.0 Å². The highest BCUT2D eigenvalue weighted by Crippen LogP contribution is 2.26. The van der Waals surface area contributed by atoms with Gasteiger partial charge in [0.2, 0.25) is 0 Å². The molecule has 146 valence electrons. The number of hydrogen-bond acceptors (Lipinski definition) is 6. The predicted octanol–water partition coefficient (Wildman–Crippen LogP) is 4.59. The van der Waals surface area contributed by atoms with Crippen molar-refractivity contribution in [2.45, 2.75) is 19.4 Å². The molecule has 0 spiro atoms. The number of benzene rings is 1. The molecule has 29 heavy (non-hydrogen) atoms. The first-order valence-electron chi connectivity index (χ1n) is 9.02. The lowest BCUT2D eigenvalue weighted by Crippen LogP contribution is -2.12. The van der Waals surface area contributed by atoms with Crippen LogP contribution in [-0.2, 0) is 0 Å². The summed E-state index contributed by atoms with van der Waals surface area (Å²) >= 11 is 1.38. The van der Waals surface area contributed by atoms with Crippen LogP contribution >= 0.6 is 11.3 Å². The maximum Gasteiger partial charge on any atom is 0.259 e. The zero-order valence-electron chi connectivity index (χ0n) is 15.5. The molecule has 6 nitrogen and oxygen atoms in total. The summed E-state index contributed by atoms with van der Waals surface area (Å²) in [5, 5.41) is 13.1. The van der Waals surface area contributed by atoms with Gasteiger partial charge in [-0.2, -0.15) is 0 Å². The van der Waals surface area contributed by atoms with Crippen molar-refractivity contribution in [1.82, 2.24) is 15.0 Å². The number of aromatic nitrogens is 3. The fraction of sp³-hybridized carbons (Fsp3) is 0.143. The van der Waals surface area contributed by atoms with Gasteiger partial charge in [0.05, 0.1) is 27.6 Å². The molecule has 0 aliphatic carbocycles. The summed E-state index contributed by atoms with van der Waals surface area (Å²) in [6, 6.07) is 12.0. The Morgan fingerprint density at radius 1 is 1.21 bits per heavy atom. The third-order valence-corrected chi connectivity index (χ3v) is 5.37. The number of halogens is 1. The average Bonchev–Trinajstić information content (AvgIpc) is 3.15. The van der Waals surface area contributed by atoms with E-state index < -0.39 is 11.9 Å². The Morgan fingerprint density at radius 3 is 2.72 bits per heavy atom. The molecule has 4 aromatic rings. The van der Waals surface area contributed by atoms with E-state index in [-0.39, 0.29) is 11.6 Å². The number of para-hydroxylation sites is 1. The summed E-state index contributed by atoms with van der Waals surface area (Å²) in [6.07, 6.45) is 2.51. The van der Waals surface area contributed by atoms with E-state index in [2.05, 4.69) is 20.3 Å². The van der Waals surface area contributed by atoms with Crippen molar-refractivity contribution in [3.63, 3.8) is 0 Å². The third kappa shape index (κ3) is 3.98. The minimum atomic E-state index is -0.757. The van der Waals surface area contributed by atoms with E-state index >= 15 is 0 Å². The lowest BCUT2D eigenvalue weighted by molar-refractivity contribution is 0.102. The molecule has 2 N–H and O–H groups in total. The Bertz CT molecular complexity index is 1140. The van der Waals surface area contributed by atoms with Gasteiger partial charge in [-0.3, -0.25) is 20.1 Å². The highest BCUT2D eigenvalue weighted by Gasteiger charge is 2.15. The Morgan fingerprint density at radius 2 is 2.03 bits per heavy atom. The minimum Gasteiger partial charge on any atom is -0.388 e. The molecule has 0 saturated carbocycles. The standard InChI is InChI=1S/C21H17FN4O2S/c1-2-17(27)13-9-14(22)19(24-11-13)16-8-7-12(10-23-16)20(28)26-21-25-15-5-3-4-6-18(15)29-21/h3-11,17,27H,2H2,1H3,(H,25,26,28)/t17-/m1/s1. The Labute approximate surface area is 170 Å². The molecule has 1 atom stereocenters. The van der Waals surface area contributed by atoms with Gasteiger partial charge in [0, 0.05) is 18.0 Å². The van der Waals surface area contributed by atoms with Crippen LogP contribution in [0.3, 0.4) is 0 Å². The van der Waals surface area contributed by atoms with E-state index in [1.54, 1.807) is 13.0 Å². The Kier molecular flexibility index (Phi) is 5.28. The van der Waals surface area contributed by atoms with Crippen LogP contribution < -0.4 is 5.32 Å². The van der Waals surface area contributed by atoms with E-state index in [0.29, 0.717) is 28.4 Å². The molecular formula is C21H17FN4O2S. The molecule has 1 aromatic carbocycles. The Balaban J connectivity index is 1.52. The van der Waals surface area contributed by atoms with Gasteiger partial charge in [0.1, 0.15) is 5.69 Å². The fourth-order valence-electron chi connectivity index (χ4n) is 2.82. The number of amides is 1. The van der Waals surface area contributed by atoms with Crippen molar-refractivity contribution in [2.75, 3.05) is 5.32 Å². The SMILES string of the molecule is CC[C@@H](O)c1cnc(-c2ccc(C(=O)Nc3nc4ccccc4s3)cn2)c(F)c1. The molecule has 0 fully saturated rings. The first-order valence-corrected chi connectivity index (χ1v) is 9.83. The van der Waals surface area contributed by atoms with Gasteiger partial charge in [-0.05, 0) is 36.8 Å².